The number of imidazole rings is 1. The monoisotopic (exact) mass is 240 g/mol. The summed E-state index contributed by atoms with van der Waals surface area (Å²) in [6.45, 7) is 1.92. The van der Waals surface area contributed by atoms with E-state index in [-0.39, 0.29) is 0 Å². The molecule has 1 heterocycles. The number of anilines is 1. The van der Waals surface area contributed by atoms with Crippen LogP contribution in [0.4, 0.5) is 5.69 Å². The van der Waals surface area contributed by atoms with E-state index in [4.69, 9.17) is 5.26 Å². The summed E-state index contributed by atoms with van der Waals surface area (Å²) in [5, 5.41) is 12.1. The molecule has 4 heteroatoms. The van der Waals surface area contributed by atoms with E-state index in [1.54, 1.807) is 6.20 Å². The summed E-state index contributed by atoms with van der Waals surface area (Å²) >= 11 is 0. The van der Waals surface area contributed by atoms with Crippen LogP contribution in [0.5, 0.6) is 0 Å². The van der Waals surface area contributed by atoms with Crippen molar-refractivity contribution in [3.63, 3.8) is 0 Å². The number of nitrogens with one attached hydrogen (secondary N) is 1. The Hall–Kier alpha value is -2.28. The molecule has 0 atom stereocenters. The van der Waals surface area contributed by atoms with Gasteiger partial charge in [0.05, 0.1) is 18.0 Å². The Labute approximate surface area is 107 Å². The van der Waals surface area contributed by atoms with E-state index in [9.17, 15) is 0 Å². The standard InChI is InChI=1S/C14H16N4/c15-11-13-4-3-5-14(10-13)17-6-1-2-8-18-9-7-16-12-18/h3-5,7,9-10,12,17H,1-2,6,8H2. The molecule has 0 aliphatic rings. The number of nitriles is 1. The van der Waals surface area contributed by atoms with Crippen LogP contribution in [0.3, 0.4) is 0 Å². The highest BCUT2D eigenvalue weighted by atomic mass is 15.0. The minimum atomic E-state index is 0.693. The third-order valence-corrected chi connectivity index (χ3v) is 2.72. The summed E-state index contributed by atoms with van der Waals surface area (Å²) in [5.41, 5.74) is 1.70. The Kier molecular flexibility index (Phi) is 4.37. The van der Waals surface area contributed by atoms with E-state index < -0.39 is 0 Å². The molecule has 0 spiro atoms. The van der Waals surface area contributed by atoms with Gasteiger partial charge in [0.25, 0.3) is 0 Å². The Balaban J connectivity index is 1.67. The Bertz CT molecular complexity index is 511. The lowest BCUT2D eigenvalue weighted by Crippen LogP contribution is -2.03. The number of aromatic nitrogens is 2. The third-order valence-electron chi connectivity index (χ3n) is 2.72. The van der Waals surface area contributed by atoms with Crippen molar-refractivity contribution in [2.24, 2.45) is 0 Å². The van der Waals surface area contributed by atoms with E-state index in [0.717, 1.165) is 31.6 Å². The summed E-state index contributed by atoms with van der Waals surface area (Å²) in [6, 6.07) is 9.70. The molecule has 92 valence electrons. The second kappa shape index (κ2) is 6.45. The average molecular weight is 240 g/mol. The first-order valence-corrected chi connectivity index (χ1v) is 6.08. The normalized spacial score (nSPS) is 9.94. The molecule has 0 amide bonds. The van der Waals surface area contributed by atoms with Gasteiger partial charge in [0.2, 0.25) is 0 Å². The average Bonchev–Trinajstić information content (AvgIpc) is 2.92. The van der Waals surface area contributed by atoms with Crippen LogP contribution in [0.1, 0.15) is 18.4 Å². The molecular formula is C14H16N4. The quantitative estimate of drug-likeness (QED) is 0.790. The van der Waals surface area contributed by atoms with Crippen LogP contribution in [0.15, 0.2) is 43.0 Å². The molecular weight excluding hydrogens is 224 g/mol. The molecule has 1 aromatic heterocycles. The summed E-state index contributed by atoms with van der Waals surface area (Å²) in [4.78, 5) is 4.00. The molecule has 0 aliphatic heterocycles. The number of hydrogen-bond donors (Lipinski definition) is 1. The van der Waals surface area contributed by atoms with Gasteiger partial charge in [-0.25, -0.2) is 4.98 Å². The highest BCUT2D eigenvalue weighted by Gasteiger charge is 1.95. The smallest absolute Gasteiger partial charge is 0.0992 e. The van der Waals surface area contributed by atoms with E-state index in [1.807, 2.05) is 36.8 Å². The first kappa shape index (κ1) is 12.2. The fourth-order valence-electron chi connectivity index (χ4n) is 1.77. The topological polar surface area (TPSA) is 53.6 Å². The SMILES string of the molecule is N#Cc1cccc(NCCCCn2ccnc2)c1. The number of benzene rings is 1. The van der Waals surface area contributed by atoms with Crippen molar-refractivity contribution in [3.05, 3.63) is 48.5 Å². The molecule has 0 aliphatic carbocycles. The number of nitrogens with zero attached hydrogens (tertiary/aromatic N) is 3. The van der Waals surface area contributed by atoms with Crippen molar-refractivity contribution in [1.29, 1.82) is 5.26 Å². The zero-order chi connectivity index (χ0) is 12.6. The van der Waals surface area contributed by atoms with Gasteiger partial charge in [0.1, 0.15) is 0 Å². The van der Waals surface area contributed by atoms with Gasteiger partial charge in [0, 0.05) is 31.2 Å². The van der Waals surface area contributed by atoms with Crippen LogP contribution in [0, 0.1) is 11.3 Å². The van der Waals surface area contributed by atoms with E-state index in [1.165, 1.54) is 0 Å². The van der Waals surface area contributed by atoms with Gasteiger partial charge >= 0.3 is 0 Å². The summed E-state index contributed by atoms with van der Waals surface area (Å²) in [5.74, 6) is 0. The molecule has 0 radical (unpaired) electrons. The number of rotatable bonds is 6. The molecule has 0 saturated heterocycles. The molecule has 2 rings (SSSR count). The fraction of sp³-hybridized carbons (Fsp3) is 0.286. The molecule has 2 aromatic rings. The summed E-state index contributed by atoms with van der Waals surface area (Å²) in [6.07, 6.45) is 7.82. The zero-order valence-corrected chi connectivity index (χ0v) is 10.2. The molecule has 0 bridgehead atoms. The maximum absolute atomic E-state index is 8.79. The van der Waals surface area contributed by atoms with Gasteiger partial charge in [-0.3, -0.25) is 0 Å². The van der Waals surface area contributed by atoms with Crippen molar-refractivity contribution in [1.82, 2.24) is 9.55 Å². The molecule has 18 heavy (non-hydrogen) atoms. The van der Waals surface area contributed by atoms with Crippen LogP contribution in [-0.2, 0) is 6.54 Å². The predicted molar refractivity (Wildman–Crippen MR) is 71.1 cm³/mol. The van der Waals surface area contributed by atoms with Crippen molar-refractivity contribution in [2.45, 2.75) is 19.4 Å². The minimum Gasteiger partial charge on any atom is -0.385 e. The van der Waals surface area contributed by atoms with Crippen LogP contribution in [0.25, 0.3) is 0 Å². The first-order valence-electron chi connectivity index (χ1n) is 6.08. The highest BCUT2D eigenvalue weighted by Crippen LogP contribution is 2.09. The molecule has 1 aromatic carbocycles. The molecule has 4 nitrogen and oxygen atoms in total. The van der Waals surface area contributed by atoms with E-state index in [0.29, 0.717) is 5.56 Å². The van der Waals surface area contributed by atoms with Gasteiger partial charge in [-0.1, -0.05) is 6.07 Å². The summed E-state index contributed by atoms with van der Waals surface area (Å²) < 4.78 is 2.08. The van der Waals surface area contributed by atoms with Crippen LogP contribution >= 0.6 is 0 Å². The number of unbranched alkanes of at least 4 members (excludes halogenated alkanes) is 1. The van der Waals surface area contributed by atoms with Crippen molar-refractivity contribution in [3.8, 4) is 6.07 Å². The Morgan fingerprint density at radius 2 is 2.28 bits per heavy atom. The maximum atomic E-state index is 8.79. The van der Waals surface area contributed by atoms with Gasteiger partial charge < -0.3 is 9.88 Å². The second-order valence-electron chi connectivity index (χ2n) is 4.13. The molecule has 0 unspecified atom stereocenters. The van der Waals surface area contributed by atoms with Gasteiger partial charge in [0.15, 0.2) is 0 Å². The number of hydrogen-bond acceptors (Lipinski definition) is 3. The minimum absolute atomic E-state index is 0.693. The van der Waals surface area contributed by atoms with Crippen LogP contribution < -0.4 is 5.32 Å². The predicted octanol–water partition coefficient (Wildman–Crippen LogP) is 2.65. The molecule has 1 N–H and O–H groups in total. The van der Waals surface area contributed by atoms with E-state index >= 15 is 0 Å². The summed E-state index contributed by atoms with van der Waals surface area (Å²) in [7, 11) is 0. The van der Waals surface area contributed by atoms with Gasteiger partial charge in [-0.15, -0.1) is 0 Å². The van der Waals surface area contributed by atoms with Gasteiger partial charge in [-0.2, -0.15) is 5.26 Å². The van der Waals surface area contributed by atoms with Crippen LogP contribution in [0.2, 0.25) is 0 Å². The lowest BCUT2D eigenvalue weighted by molar-refractivity contribution is 0.621. The second-order valence-corrected chi connectivity index (χ2v) is 4.13. The zero-order valence-electron chi connectivity index (χ0n) is 10.2. The lowest BCUT2D eigenvalue weighted by Gasteiger charge is -2.06. The van der Waals surface area contributed by atoms with E-state index in [2.05, 4.69) is 20.9 Å². The fourth-order valence-corrected chi connectivity index (χ4v) is 1.77. The number of aryl methyl sites for hydroxylation is 1. The van der Waals surface area contributed by atoms with Crippen molar-refractivity contribution >= 4 is 5.69 Å². The highest BCUT2D eigenvalue weighted by molar-refractivity contribution is 5.48. The molecule has 0 saturated carbocycles. The van der Waals surface area contributed by atoms with Crippen molar-refractivity contribution < 1.29 is 0 Å². The lowest BCUT2D eigenvalue weighted by atomic mass is 10.2. The maximum Gasteiger partial charge on any atom is 0.0992 e. The van der Waals surface area contributed by atoms with Crippen LogP contribution in [-0.4, -0.2) is 16.1 Å². The molecule has 0 fully saturated rings. The largest absolute Gasteiger partial charge is 0.385 e. The van der Waals surface area contributed by atoms with Crippen molar-refractivity contribution in [2.75, 3.05) is 11.9 Å². The third kappa shape index (κ3) is 3.63. The van der Waals surface area contributed by atoms with Gasteiger partial charge in [-0.05, 0) is 31.0 Å². The Morgan fingerprint density at radius 3 is 3.06 bits per heavy atom. The Morgan fingerprint density at radius 1 is 1.33 bits per heavy atom. The first-order chi connectivity index (χ1) is 8.88.